The maximum absolute atomic E-state index is 5.69. The molecule has 0 N–H and O–H groups in total. The van der Waals surface area contributed by atoms with Gasteiger partial charge in [0.2, 0.25) is 0 Å². The Balaban J connectivity index is 1.86. The second-order valence-electron chi connectivity index (χ2n) is 6.79. The molecular weight excluding hydrogens is 246 g/mol. The van der Waals surface area contributed by atoms with Crippen molar-refractivity contribution < 1.29 is 4.74 Å². The third kappa shape index (κ3) is 5.37. The van der Waals surface area contributed by atoms with Crippen LogP contribution in [0.2, 0.25) is 0 Å². The number of nitrogens with zero attached hydrogens (tertiary/aromatic N) is 1. The van der Waals surface area contributed by atoms with Gasteiger partial charge in [-0.3, -0.25) is 4.90 Å². The Labute approximate surface area is 126 Å². The van der Waals surface area contributed by atoms with E-state index in [0.29, 0.717) is 6.04 Å². The van der Waals surface area contributed by atoms with Crippen LogP contribution in [-0.2, 0) is 4.74 Å². The minimum Gasteiger partial charge on any atom is -0.378 e. The summed E-state index contributed by atoms with van der Waals surface area (Å²) >= 11 is 0. The average molecular weight is 281 g/mol. The molecule has 0 aromatic heterocycles. The first-order chi connectivity index (χ1) is 9.92. The fourth-order valence-electron chi connectivity index (χ4n) is 3.97. The quantitative estimate of drug-likeness (QED) is 0.723. The van der Waals surface area contributed by atoms with Crippen LogP contribution in [0.3, 0.4) is 0 Å². The zero-order valence-electron chi connectivity index (χ0n) is 13.6. The molecule has 1 saturated carbocycles. The number of ether oxygens (including phenoxy) is 1. The lowest BCUT2D eigenvalue weighted by Gasteiger charge is -2.41. The van der Waals surface area contributed by atoms with Crippen LogP contribution in [0, 0.1) is 0 Å². The van der Waals surface area contributed by atoms with Gasteiger partial charge in [-0.1, -0.05) is 64.7 Å². The molecule has 2 rings (SSSR count). The van der Waals surface area contributed by atoms with Crippen molar-refractivity contribution in [2.24, 2.45) is 0 Å². The maximum atomic E-state index is 5.69. The highest BCUT2D eigenvalue weighted by Crippen LogP contribution is 2.24. The molecular formula is C18H35NO. The first-order valence-electron chi connectivity index (χ1n) is 9.25. The van der Waals surface area contributed by atoms with E-state index in [2.05, 4.69) is 11.8 Å². The van der Waals surface area contributed by atoms with Gasteiger partial charge in [-0.2, -0.15) is 0 Å². The smallest absolute Gasteiger partial charge is 0.0622 e. The predicted octanol–water partition coefficient (Wildman–Crippen LogP) is 4.77. The van der Waals surface area contributed by atoms with Crippen molar-refractivity contribution in [2.75, 3.05) is 19.8 Å². The molecule has 1 aliphatic carbocycles. The Morgan fingerprint density at radius 3 is 1.95 bits per heavy atom. The van der Waals surface area contributed by atoms with Crippen molar-refractivity contribution in [3.8, 4) is 0 Å². The highest BCUT2D eigenvalue weighted by atomic mass is 16.5. The summed E-state index contributed by atoms with van der Waals surface area (Å²) in [4.78, 5) is 2.80. The van der Waals surface area contributed by atoms with Gasteiger partial charge in [-0.05, 0) is 19.3 Å². The summed E-state index contributed by atoms with van der Waals surface area (Å²) in [6.07, 6.45) is 17.3. The van der Waals surface area contributed by atoms with Gasteiger partial charge in [0, 0.05) is 18.6 Å². The van der Waals surface area contributed by atoms with Gasteiger partial charge in [0.1, 0.15) is 0 Å². The van der Waals surface area contributed by atoms with E-state index >= 15 is 0 Å². The summed E-state index contributed by atoms with van der Waals surface area (Å²) in [6, 6.07) is 1.52. The zero-order chi connectivity index (χ0) is 14.0. The van der Waals surface area contributed by atoms with E-state index in [4.69, 9.17) is 4.74 Å². The first-order valence-corrected chi connectivity index (χ1v) is 9.25. The van der Waals surface area contributed by atoms with Crippen molar-refractivity contribution in [3.63, 3.8) is 0 Å². The minimum absolute atomic E-state index is 0.682. The summed E-state index contributed by atoms with van der Waals surface area (Å²) < 4.78 is 5.69. The van der Waals surface area contributed by atoms with Crippen molar-refractivity contribution >= 4 is 0 Å². The van der Waals surface area contributed by atoms with Gasteiger partial charge in [-0.15, -0.1) is 0 Å². The Morgan fingerprint density at radius 1 is 0.850 bits per heavy atom. The van der Waals surface area contributed by atoms with Gasteiger partial charge in [-0.25, -0.2) is 0 Å². The monoisotopic (exact) mass is 281 g/mol. The van der Waals surface area contributed by atoms with Crippen molar-refractivity contribution in [1.29, 1.82) is 0 Å². The molecule has 1 unspecified atom stereocenters. The second kappa shape index (κ2) is 9.78. The second-order valence-corrected chi connectivity index (χ2v) is 6.79. The summed E-state index contributed by atoms with van der Waals surface area (Å²) in [5.74, 6) is 0. The van der Waals surface area contributed by atoms with Crippen molar-refractivity contribution in [2.45, 2.75) is 96.1 Å². The summed E-state index contributed by atoms with van der Waals surface area (Å²) in [7, 11) is 0. The molecule has 1 saturated heterocycles. The number of hydrogen-bond donors (Lipinski definition) is 0. The third-order valence-corrected chi connectivity index (χ3v) is 5.29. The van der Waals surface area contributed by atoms with E-state index in [0.717, 1.165) is 19.3 Å². The molecule has 2 nitrogen and oxygen atoms in total. The lowest BCUT2D eigenvalue weighted by Crippen LogP contribution is -2.50. The molecule has 2 heteroatoms. The molecule has 0 aromatic carbocycles. The van der Waals surface area contributed by atoms with E-state index in [9.17, 15) is 0 Å². The fourth-order valence-corrected chi connectivity index (χ4v) is 3.97. The Kier molecular flexibility index (Phi) is 7.97. The first kappa shape index (κ1) is 16.3. The Hall–Kier alpha value is -0.0800. The lowest BCUT2D eigenvalue weighted by atomic mass is 9.95. The maximum Gasteiger partial charge on any atom is 0.0622 e. The van der Waals surface area contributed by atoms with Crippen LogP contribution < -0.4 is 0 Å². The van der Waals surface area contributed by atoms with E-state index in [1.807, 2.05) is 0 Å². The van der Waals surface area contributed by atoms with Crippen molar-refractivity contribution in [3.05, 3.63) is 0 Å². The zero-order valence-corrected chi connectivity index (χ0v) is 13.6. The van der Waals surface area contributed by atoms with Crippen LogP contribution in [0.4, 0.5) is 0 Å². The highest BCUT2D eigenvalue weighted by Gasteiger charge is 2.27. The van der Waals surface area contributed by atoms with E-state index in [-0.39, 0.29) is 0 Å². The van der Waals surface area contributed by atoms with E-state index in [1.54, 1.807) is 0 Å². The topological polar surface area (TPSA) is 12.5 Å². The molecule has 0 bridgehead atoms. The minimum atomic E-state index is 0.682. The van der Waals surface area contributed by atoms with E-state index < -0.39 is 0 Å². The molecule has 0 aromatic rings. The van der Waals surface area contributed by atoms with Crippen LogP contribution in [-0.4, -0.2) is 36.7 Å². The molecule has 118 valence electrons. The van der Waals surface area contributed by atoms with Gasteiger partial charge in [0.05, 0.1) is 13.2 Å². The summed E-state index contributed by atoms with van der Waals surface area (Å²) in [5.41, 5.74) is 0. The van der Waals surface area contributed by atoms with Crippen LogP contribution in [0.1, 0.15) is 84.0 Å². The average Bonchev–Trinajstić information content (AvgIpc) is 2.48. The van der Waals surface area contributed by atoms with Gasteiger partial charge in [0.25, 0.3) is 0 Å². The van der Waals surface area contributed by atoms with Crippen molar-refractivity contribution in [1.82, 2.24) is 4.90 Å². The van der Waals surface area contributed by atoms with Crippen LogP contribution in [0.15, 0.2) is 0 Å². The standard InChI is InChI=1S/C18H35NO/c1-2-17-16-20-15-14-19(17)18-12-10-8-6-4-3-5-7-9-11-13-18/h17-18H,2-16H2,1H3. The largest absolute Gasteiger partial charge is 0.378 e. The van der Waals surface area contributed by atoms with Crippen LogP contribution in [0.5, 0.6) is 0 Å². The molecule has 2 aliphatic rings. The Morgan fingerprint density at radius 2 is 1.40 bits per heavy atom. The fraction of sp³-hybridized carbons (Fsp3) is 1.00. The summed E-state index contributed by atoms with van der Waals surface area (Å²) in [6.45, 7) is 5.41. The number of morpholine rings is 1. The predicted molar refractivity (Wildman–Crippen MR) is 86.2 cm³/mol. The van der Waals surface area contributed by atoms with Gasteiger partial charge < -0.3 is 4.74 Å². The molecule has 1 aliphatic heterocycles. The highest BCUT2D eigenvalue weighted by molar-refractivity contribution is 4.81. The molecule has 1 heterocycles. The molecule has 20 heavy (non-hydrogen) atoms. The normalized spacial score (nSPS) is 29.6. The molecule has 0 amide bonds. The van der Waals surface area contributed by atoms with Crippen LogP contribution in [0.25, 0.3) is 0 Å². The van der Waals surface area contributed by atoms with Gasteiger partial charge in [0.15, 0.2) is 0 Å². The van der Waals surface area contributed by atoms with Gasteiger partial charge >= 0.3 is 0 Å². The molecule has 2 fully saturated rings. The third-order valence-electron chi connectivity index (χ3n) is 5.29. The Bertz CT molecular complexity index is 232. The molecule has 0 spiro atoms. The molecule has 0 radical (unpaired) electrons. The lowest BCUT2D eigenvalue weighted by molar-refractivity contribution is -0.0342. The molecule has 1 atom stereocenters. The summed E-state index contributed by atoms with van der Waals surface area (Å²) in [5, 5.41) is 0. The van der Waals surface area contributed by atoms with E-state index in [1.165, 1.54) is 83.6 Å². The SMILES string of the molecule is CCC1COCCN1C1CCCCCCCCCCC1. The van der Waals surface area contributed by atoms with Crippen LogP contribution >= 0.6 is 0 Å². The number of hydrogen-bond acceptors (Lipinski definition) is 2. The number of rotatable bonds is 2.